The highest BCUT2D eigenvalue weighted by atomic mass is 32.4. The number of rotatable bonds is 6. The highest BCUT2D eigenvalue weighted by molar-refractivity contribution is 8.25. The number of hydrogen-bond acceptors (Lipinski definition) is 3. The average Bonchev–Trinajstić information content (AvgIpc) is 2.73. The first kappa shape index (κ1) is 18.3. The van der Waals surface area contributed by atoms with E-state index in [0.29, 0.717) is 5.56 Å². The van der Waals surface area contributed by atoms with Crippen LogP contribution in [0.25, 0.3) is 0 Å². The van der Waals surface area contributed by atoms with Crippen molar-refractivity contribution in [2.24, 2.45) is 0 Å². The van der Waals surface area contributed by atoms with Crippen molar-refractivity contribution < 1.29 is 9.53 Å². The summed E-state index contributed by atoms with van der Waals surface area (Å²) in [6.45, 7) is 3.75. The Labute approximate surface area is 159 Å². The van der Waals surface area contributed by atoms with Gasteiger partial charge >= 0.3 is 5.97 Å². The lowest BCUT2D eigenvalue weighted by atomic mass is 10.2. The minimum atomic E-state index is -2.18. The summed E-state index contributed by atoms with van der Waals surface area (Å²) in [6, 6.07) is 25.7. The van der Waals surface area contributed by atoms with E-state index in [-0.39, 0.29) is 12.6 Å². The number of benzene rings is 3. The van der Waals surface area contributed by atoms with E-state index in [1.165, 1.54) is 0 Å². The van der Waals surface area contributed by atoms with Crippen LogP contribution < -0.4 is 15.9 Å². The molecule has 0 amide bonds. The Morgan fingerprint density at radius 3 is 1.77 bits per heavy atom. The third-order valence-electron chi connectivity index (χ3n) is 4.04. The predicted octanol–water partition coefficient (Wildman–Crippen LogP) is 3.79. The van der Waals surface area contributed by atoms with E-state index in [1.54, 1.807) is 18.2 Å². The molecule has 0 aromatic heterocycles. The van der Waals surface area contributed by atoms with Gasteiger partial charge in [-0.2, -0.15) is 0 Å². The molecule has 3 aromatic carbocycles. The van der Waals surface area contributed by atoms with Crippen LogP contribution in [0.4, 0.5) is 0 Å². The van der Waals surface area contributed by atoms with Crippen molar-refractivity contribution in [2.75, 3.05) is 6.61 Å². The third-order valence-corrected chi connectivity index (χ3v) is 9.01. The number of carbonyl (C=O) groups excluding carboxylic acids is 1. The second kappa shape index (κ2) is 8.27. The van der Waals surface area contributed by atoms with E-state index in [0.717, 1.165) is 15.9 Å². The van der Waals surface area contributed by atoms with Gasteiger partial charge in [-0.15, -0.1) is 0 Å². The molecule has 0 N–H and O–H groups in total. The summed E-state index contributed by atoms with van der Waals surface area (Å²) >= 11 is 6.26. The van der Waals surface area contributed by atoms with Gasteiger partial charge in [-0.05, 0) is 28.0 Å². The molecule has 0 radical (unpaired) electrons. The molecular weight excluding hydrogens is 359 g/mol. The molecule has 0 saturated carbocycles. The van der Waals surface area contributed by atoms with Crippen LogP contribution in [0.3, 0.4) is 0 Å². The lowest BCUT2D eigenvalue weighted by molar-refractivity contribution is 0.0550. The molecule has 0 atom stereocenters. The molecule has 0 heterocycles. The summed E-state index contributed by atoms with van der Waals surface area (Å²) < 4.78 is 5.10. The fraction of sp³-hybridized carbons (Fsp3) is 0.0455. The Balaban J connectivity index is 2.05. The number of carbonyl (C=O) groups is 1. The van der Waals surface area contributed by atoms with Crippen LogP contribution in [0.15, 0.2) is 97.6 Å². The van der Waals surface area contributed by atoms with Gasteiger partial charge in [0.05, 0.1) is 5.56 Å². The molecule has 0 aliphatic carbocycles. The quantitative estimate of drug-likeness (QED) is 0.371. The fourth-order valence-electron chi connectivity index (χ4n) is 2.75. The predicted molar refractivity (Wildman–Crippen MR) is 113 cm³/mol. The van der Waals surface area contributed by atoms with Gasteiger partial charge in [-0.25, -0.2) is 4.79 Å². The normalized spacial score (nSPS) is 10.9. The fourth-order valence-corrected chi connectivity index (χ4v) is 6.49. The van der Waals surface area contributed by atoms with Gasteiger partial charge in [-0.3, -0.25) is 0 Å². The van der Waals surface area contributed by atoms with Gasteiger partial charge in [0.15, 0.2) is 0 Å². The number of ether oxygens (including phenoxy) is 1. The molecule has 130 valence electrons. The SMILES string of the molecule is C=CCOC(=O)c1ccc(P(=S)(c2ccccc2)c2ccccc2)cc1. The Morgan fingerprint density at radius 1 is 0.846 bits per heavy atom. The minimum absolute atomic E-state index is 0.201. The number of hydrogen-bond donors (Lipinski definition) is 0. The van der Waals surface area contributed by atoms with Crippen molar-refractivity contribution in [1.29, 1.82) is 0 Å². The molecular formula is C22H19O2PS. The minimum Gasteiger partial charge on any atom is -0.458 e. The molecule has 0 saturated heterocycles. The lowest BCUT2D eigenvalue weighted by Gasteiger charge is -2.24. The Bertz CT molecular complexity index is 891. The van der Waals surface area contributed by atoms with Gasteiger partial charge in [0.25, 0.3) is 0 Å². The van der Waals surface area contributed by atoms with Gasteiger partial charge in [0, 0.05) is 6.04 Å². The molecule has 0 bridgehead atoms. The topological polar surface area (TPSA) is 26.3 Å². The van der Waals surface area contributed by atoms with Gasteiger partial charge in [-0.1, -0.05) is 97.3 Å². The molecule has 3 aromatic rings. The molecule has 0 fully saturated rings. The van der Waals surface area contributed by atoms with E-state index < -0.39 is 6.04 Å². The van der Waals surface area contributed by atoms with Crippen LogP contribution in [0.5, 0.6) is 0 Å². The van der Waals surface area contributed by atoms with Crippen molar-refractivity contribution in [1.82, 2.24) is 0 Å². The Kier molecular flexibility index (Phi) is 5.82. The third kappa shape index (κ3) is 3.70. The van der Waals surface area contributed by atoms with Gasteiger partial charge in [0.1, 0.15) is 6.61 Å². The standard InChI is InChI=1S/C22H19O2PS/c1-2-17-24-22(23)18-13-15-21(16-14-18)25(26,19-9-5-3-6-10-19)20-11-7-4-8-12-20/h2-16H,1,17H2. The monoisotopic (exact) mass is 378 g/mol. The maximum absolute atomic E-state index is 12.0. The lowest BCUT2D eigenvalue weighted by Crippen LogP contribution is -2.24. The molecule has 3 rings (SSSR count). The molecule has 26 heavy (non-hydrogen) atoms. The van der Waals surface area contributed by atoms with Crippen molar-refractivity contribution in [3.63, 3.8) is 0 Å². The summed E-state index contributed by atoms with van der Waals surface area (Å²) in [7, 11) is 0. The molecule has 0 unspecified atom stereocenters. The first-order valence-electron chi connectivity index (χ1n) is 8.26. The van der Waals surface area contributed by atoms with Crippen LogP contribution in [0.1, 0.15) is 10.4 Å². The highest BCUT2D eigenvalue weighted by Crippen LogP contribution is 2.42. The van der Waals surface area contributed by atoms with Gasteiger partial charge in [0.2, 0.25) is 0 Å². The maximum atomic E-state index is 12.0. The smallest absolute Gasteiger partial charge is 0.338 e. The van der Waals surface area contributed by atoms with E-state index in [1.807, 2.05) is 48.5 Å². The zero-order valence-corrected chi connectivity index (χ0v) is 16.0. The van der Waals surface area contributed by atoms with Crippen molar-refractivity contribution in [3.05, 3.63) is 103 Å². The van der Waals surface area contributed by atoms with E-state index in [4.69, 9.17) is 16.5 Å². The molecule has 0 spiro atoms. The van der Waals surface area contributed by atoms with E-state index in [9.17, 15) is 4.79 Å². The van der Waals surface area contributed by atoms with E-state index in [2.05, 4.69) is 30.8 Å². The zero-order valence-electron chi connectivity index (χ0n) is 14.2. The van der Waals surface area contributed by atoms with Crippen LogP contribution in [-0.4, -0.2) is 12.6 Å². The Hall–Kier alpha value is -2.48. The average molecular weight is 378 g/mol. The van der Waals surface area contributed by atoms with Crippen molar-refractivity contribution in [2.45, 2.75) is 0 Å². The summed E-state index contributed by atoms with van der Waals surface area (Å²) in [5.74, 6) is -0.357. The summed E-state index contributed by atoms with van der Waals surface area (Å²) in [4.78, 5) is 12.0. The number of esters is 1. The highest BCUT2D eigenvalue weighted by Gasteiger charge is 2.24. The molecule has 0 aliphatic rings. The summed E-state index contributed by atoms with van der Waals surface area (Å²) in [6.07, 6.45) is 1.55. The maximum Gasteiger partial charge on any atom is 0.338 e. The largest absolute Gasteiger partial charge is 0.458 e. The molecule has 0 aliphatic heterocycles. The second-order valence-electron chi connectivity index (χ2n) is 5.71. The molecule has 2 nitrogen and oxygen atoms in total. The second-order valence-corrected chi connectivity index (χ2v) is 10.1. The van der Waals surface area contributed by atoms with Crippen LogP contribution >= 0.6 is 6.04 Å². The van der Waals surface area contributed by atoms with Crippen LogP contribution in [0, 0.1) is 0 Å². The molecule has 4 heteroatoms. The Morgan fingerprint density at radius 2 is 1.31 bits per heavy atom. The summed E-state index contributed by atoms with van der Waals surface area (Å²) in [5, 5.41) is 3.30. The van der Waals surface area contributed by atoms with Crippen molar-refractivity contribution in [3.8, 4) is 0 Å². The van der Waals surface area contributed by atoms with Crippen LogP contribution in [-0.2, 0) is 16.5 Å². The first-order chi connectivity index (χ1) is 12.7. The van der Waals surface area contributed by atoms with Gasteiger partial charge < -0.3 is 4.74 Å². The van der Waals surface area contributed by atoms with Crippen molar-refractivity contribution >= 4 is 39.7 Å². The summed E-state index contributed by atoms with van der Waals surface area (Å²) in [5.41, 5.74) is 0.512. The first-order valence-corrected chi connectivity index (χ1v) is 11.1. The van der Waals surface area contributed by atoms with E-state index >= 15 is 0 Å². The van der Waals surface area contributed by atoms with Crippen LogP contribution in [0.2, 0.25) is 0 Å². The zero-order chi connectivity index (χ0) is 18.4.